The van der Waals surface area contributed by atoms with Crippen LogP contribution < -0.4 is 5.32 Å². The normalized spacial score (nSPS) is 14.1. The second kappa shape index (κ2) is 5.18. The van der Waals surface area contributed by atoms with Crippen LogP contribution >= 0.6 is 0 Å². The molecule has 1 fully saturated rings. The minimum Gasteiger partial charge on any atom is -0.352 e. The van der Waals surface area contributed by atoms with Gasteiger partial charge in [-0.1, -0.05) is 6.07 Å². The van der Waals surface area contributed by atoms with Crippen LogP contribution in [-0.4, -0.2) is 15.9 Å². The molecule has 0 aromatic carbocycles. The molecule has 19 heavy (non-hydrogen) atoms. The third-order valence-electron chi connectivity index (χ3n) is 3.20. The van der Waals surface area contributed by atoms with Crippen molar-refractivity contribution in [2.75, 3.05) is 0 Å². The van der Waals surface area contributed by atoms with Crippen molar-refractivity contribution in [1.82, 2.24) is 15.3 Å². The molecule has 4 heteroatoms. The number of hydrogen-bond acceptors (Lipinski definition) is 3. The number of hydrogen-bond donors (Lipinski definition) is 1. The van der Waals surface area contributed by atoms with Crippen LogP contribution in [0.25, 0.3) is 11.3 Å². The van der Waals surface area contributed by atoms with Gasteiger partial charge >= 0.3 is 0 Å². The van der Waals surface area contributed by atoms with Crippen LogP contribution in [0.5, 0.6) is 0 Å². The quantitative estimate of drug-likeness (QED) is 0.908. The molecule has 1 saturated carbocycles. The van der Waals surface area contributed by atoms with Gasteiger partial charge in [0.1, 0.15) is 0 Å². The highest BCUT2D eigenvalue weighted by Crippen LogP contribution is 2.28. The molecule has 0 radical (unpaired) electrons. The van der Waals surface area contributed by atoms with Gasteiger partial charge in [-0.3, -0.25) is 14.8 Å². The summed E-state index contributed by atoms with van der Waals surface area (Å²) in [5.41, 5.74) is 2.91. The molecule has 1 aliphatic rings. The summed E-state index contributed by atoms with van der Waals surface area (Å²) in [6, 6.07) is 7.81. The zero-order valence-corrected chi connectivity index (χ0v) is 10.5. The van der Waals surface area contributed by atoms with Crippen molar-refractivity contribution in [3.63, 3.8) is 0 Å². The van der Waals surface area contributed by atoms with Crippen LogP contribution in [-0.2, 0) is 11.3 Å². The van der Waals surface area contributed by atoms with E-state index >= 15 is 0 Å². The first-order valence-electron chi connectivity index (χ1n) is 6.46. The number of rotatable bonds is 4. The zero-order chi connectivity index (χ0) is 13.1. The molecule has 1 aliphatic carbocycles. The van der Waals surface area contributed by atoms with Gasteiger partial charge in [-0.25, -0.2) is 0 Å². The fourth-order valence-electron chi connectivity index (χ4n) is 1.89. The summed E-state index contributed by atoms with van der Waals surface area (Å²) in [7, 11) is 0. The predicted octanol–water partition coefficient (Wildman–Crippen LogP) is 2.17. The van der Waals surface area contributed by atoms with Crippen LogP contribution in [0, 0.1) is 5.92 Å². The van der Waals surface area contributed by atoms with Gasteiger partial charge in [0, 0.05) is 36.6 Å². The van der Waals surface area contributed by atoms with Gasteiger partial charge in [0.2, 0.25) is 5.91 Å². The minimum atomic E-state index is 0.163. The fourth-order valence-corrected chi connectivity index (χ4v) is 1.89. The monoisotopic (exact) mass is 253 g/mol. The third kappa shape index (κ3) is 2.96. The van der Waals surface area contributed by atoms with E-state index in [1.165, 1.54) is 0 Å². The molecular formula is C15H15N3O. The van der Waals surface area contributed by atoms with Crippen molar-refractivity contribution in [3.05, 3.63) is 48.4 Å². The Hall–Kier alpha value is -2.23. The Balaban J connectivity index is 1.64. The highest BCUT2D eigenvalue weighted by Gasteiger charge is 2.29. The summed E-state index contributed by atoms with van der Waals surface area (Å²) < 4.78 is 0. The molecule has 2 aromatic heterocycles. The fraction of sp³-hybridized carbons (Fsp3) is 0.267. The smallest absolute Gasteiger partial charge is 0.223 e. The van der Waals surface area contributed by atoms with E-state index in [2.05, 4.69) is 15.3 Å². The first kappa shape index (κ1) is 11.8. The number of pyridine rings is 2. The second-order valence-corrected chi connectivity index (χ2v) is 4.79. The van der Waals surface area contributed by atoms with Gasteiger partial charge in [0.25, 0.3) is 0 Å². The Morgan fingerprint density at radius 2 is 2.16 bits per heavy atom. The molecule has 2 aromatic rings. The number of amides is 1. The summed E-state index contributed by atoms with van der Waals surface area (Å²) in [5.74, 6) is 0.416. The SMILES string of the molecule is O=C(NCc1ccc(-c2cccnc2)nc1)C1CC1. The standard InChI is InChI=1S/C15H15N3O/c19-15(12-4-5-12)18-9-11-3-6-14(17-8-11)13-2-1-7-16-10-13/h1-3,6-8,10,12H,4-5,9H2,(H,18,19). The average Bonchev–Trinajstić information content (AvgIpc) is 3.31. The summed E-state index contributed by atoms with van der Waals surface area (Å²) in [6.45, 7) is 0.551. The lowest BCUT2D eigenvalue weighted by molar-refractivity contribution is -0.122. The molecule has 1 amide bonds. The van der Waals surface area contributed by atoms with E-state index < -0.39 is 0 Å². The molecule has 0 unspecified atom stereocenters. The Labute approximate surface area is 111 Å². The van der Waals surface area contributed by atoms with Gasteiger partial charge in [0.05, 0.1) is 5.69 Å². The van der Waals surface area contributed by atoms with E-state index in [9.17, 15) is 4.79 Å². The maximum absolute atomic E-state index is 11.5. The third-order valence-corrected chi connectivity index (χ3v) is 3.20. The van der Waals surface area contributed by atoms with Gasteiger partial charge in [-0.15, -0.1) is 0 Å². The minimum absolute atomic E-state index is 0.163. The summed E-state index contributed by atoms with van der Waals surface area (Å²) in [5, 5.41) is 2.93. The molecular weight excluding hydrogens is 238 g/mol. The number of aromatic nitrogens is 2. The number of nitrogens with one attached hydrogen (secondary N) is 1. The first-order valence-corrected chi connectivity index (χ1v) is 6.46. The molecule has 0 atom stereocenters. The van der Waals surface area contributed by atoms with Crippen LogP contribution in [0.4, 0.5) is 0 Å². The van der Waals surface area contributed by atoms with Crippen LogP contribution in [0.15, 0.2) is 42.9 Å². The lowest BCUT2D eigenvalue weighted by Gasteiger charge is -2.05. The second-order valence-electron chi connectivity index (χ2n) is 4.79. The number of carbonyl (C=O) groups is 1. The Kier molecular flexibility index (Phi) is 3.23. The zero-order valence-electron chi connectivity index (χ0n) is 10.5. The maximum Gasteiger partial charge on any atom is 0.223 e. The number of carbonyl (C=O) groups excluding carboxylic acids is 1. The van der Waals surface area contributed by atoms with Gasteiger partial charge in [-0.05, 0) is 36.6 Å². The average molecular weight is 253 g/mol. The summed E-state index contributed by atoms with van der Waals surface area (Å²) in [4.78, 5) is 20.0. The molecule has 3 rings (SSSR count). The topological polar surface area (TPSA) is 54.9 Å². The summed E-state index contributed by atoms with van der Waals surface area (Å²) in [6.07, 6.45) is 7.39. The lowest BCUT2D eigenvalue weighted by atomic mass is 10.1. The van der Waals surface area contributed by atoms with Gasteiger partial charge < -0.3 is 5.32 Å². The Morgan fingerprint density at radius 3 is 2.79 bits per heavy atom. The van der Waals surface area contributed by atoms with Crippen molar-refractivity contribution in [2.24, 2.45) is 5.92 Å². The Bertz CT molecular complexity index is 562. The van der Waals surface area contributed by atoms with E-state index in [0.717, 1.165) is 29.7 Å². The van der Waals surface area contributed by atoms with E-state index in [1.807, 2.05) is 24.3 Å². The first-order chi connectivity index (χ1) is 9.33. The van der Waals surface area contributed by atoms with E-state index in [-0.39, 0.29) is 11.8 Å². The highest BCUT2D eigenvalue weighted by molar-refractivity contribution is 5.80. The molecule has 0 aliphatic heterocycles. The maximum atomic E-state index is 11.5. The van der Waals surface area contributed by atoms with Crippen molar-refractivity contribution < 1.29 is 4.79 Å². The largest absolute Gasteiger partial charge is 0.352 e. The molecule has 96 valence electrons. The molecule has 0 spiro atoms. The van der Waals surface area contributed by atoms with Crippen molar-refractivity contribution in [1.29, 1.82) is 0 Å². The van der Waals surface area contributed by atoms with E-state index in [4.69, 9.17) is 0 Å². The van der Waals surface area contributed by atoms with Gasteiger partial charge in [0.15, 0.2) is 0 Å². The lowest BCUT2D eigenvalue weighted by Crippen LogP contribution is -2.24. The van der Waals surface area contributed by atoms with Crippen molar-refractivity contribution >= 4 is 5.91 Å². The Morgan fingerprint density at radius 1 is 1.26 bits per heavy atom. The highest BCUT2D eigenvalue weighted by atomic mass is 16.2. The van der Waals surface area contributed by atoms with E-state index in [0.29, 0.717) is 6.54 Å². The van der Waals surface area contributed by atoms with Gasteiger partial charge in [-0.2, -0.15) is 0 Å². The van der Waals surface area contributed by atoms with Crippen LogP contribution in [0.2, 0.25) is 0 Å². The molecule has 4 nitrogen and oxygen atoms in total. The van der Waals surface area contributed by atoms with Crippen LogP contribution in [0.1, 0.15) is 18.4 Å². The van der Waals surface area contributed by atoms with Crippen molar-refractivity contribution in [2.45, 2.75) is 19.4 Å². The molecule has 0 bridgehead atoms. The molecule has 2 heterocycles. The van der Waals surface area contributed by atoms with Crippen LogP contribution in [0.3, 0.4) is 0 Å². The van der Waals surface area contributed by atoms with Crippen molar-refractivity contribution in [3.8, 4) is 11.3 Å². The summed E-state index contributed by atoms with van der Waals surface area (Å²) >= 11 is 0. The predicted molar refractivity (Wildman–Crippen MR) is 72.0 cm³/mol. The van der Waals surface area contributed by atoms with E-state index in [1.54, 1.807) is 18.6 Å². The number of nitrogens with zero attached hydrogens (tertiary/aromatic N) is 2. The molecule has 1 N–H and O–H groups in total. The molecule has 0 saturated heterocycles.